The predicted molar refractivity (Wildman–Crippen MR) is 96.9 cm³/mol. The van der Waals surface area contributed by atoms with Gasteiger partial charge in [-0.1, -0.05) is 13.8 Å². The highest BCUT2D eigenvalue weighted by Gasteiger charge is 2.11. The van der Waals surface area contributed by atoms with Crippen LogP contribution in [0.5, 0.6) is 5.75 Å². The maximum Gasteiger partial charge on any atom is 0.311 e. The fraction of sp³-hybridized carbons (Fsp3) is 0.474. The van der Waals surface area contributed by atoms with Crippen molar-refractivity contribution in [1.82, 2.24) is 9.88 Å². The number of carbonyl (C=O) groups is 2. The van der Waals surface area contributed by atoms with Crippen molar-refractivity contribution < 1.29 is 19.4 Å². The number of aromatic amines is 1. The van der Waals surface area contributed by atoms with E-state index < -0.39 is 11.9 Å². The average Bonchev–Trinajstić information content (AvgIpc) is 2.99. The van der Waals surface area contributed by atoms with E-state index in [1.54, 1.807) is 12.1 Å². The summed E-state index contributed by atoms with van der Waals surface area (Å²) in [5, 5.41) is 9.72. The number of ether oxygens (including phenoxy) is 1. The maximum atomic E-state index is 11.6. The second-order valence-corrected chi connectivity index (χ2v) is 6.07. The number of aliphatic carboxylic acids is 1. The van der Waals surface area contributed by atoms with Crippen molar-refractivity contribution in [2.24, 2.45) is 0 Å². The number of likely N-dealkylation sites (N-methyl/N-ethyl adjacent to an activating group) is 1. The van der Waals surface area contributed by atoms with Crippen LogP contribution in [0.4, 0.5) is 0 Å². The molecular weight excluding hydrogens is 320 g/mol. The van der Waals surface area contributed by atoms with Gasteiger partial charge >= 0.3 is 11.9 Å². The zero-order valence-electron chi connectivity index (χ0n) is 14.9. The Hall–Kier alpha value is -2.34. The first-order valence-corrected chi connectivity index (χ1v) is 8.78. The topological polar surface area (TPSA) is 82.6 Å². The molecule has 136 valence electrons. The maximum absolute atomic E-state index is 11.6. The number of hydrogen-bond donors (Lipinski definition) is 2. The molecule has 6 heteroatoms. The molecule has 1 aromatic carbocycles. The van der Waals surface area contributed by atoms with Gasteiger partial charge in [0.15, 0.2) is 0 Å². The molecule has 2 N–H and O–H groups in total. The molecule has 0 bridgehead atoms. The summed E-state index contributed by atoms with van der Waals surface area (Å²) in [7, 11) is 0. The van der Waals surface area contributed by atoms with Crippen molar-refractivity contribution >= 4 is 22.8 Å². The highest BCUT2D eigenvalue weighted by Crippen LogP contribution is 2.24. The zero-order valence-corrected chi connectivity index (χ0v) is 14.9. The summed E-state index contributed by atoms with van der Waals surface area (Å²) in [5.41, 5.74) is 2.16. The van der Waals surface area contributed by atoms with Crippen molar-refractivity contribution in [3.63, 3.8) is 0 Å². The average molecular weight is 346 g/mol. The van der Waals surface area contributed by atoms with Crippen molar-refractivity contribution in [1.29, 1.82) is 0 Å². The van der Waals surface area contributed by atoms with Crippen LogP contribution < -0.4 is 4.74 Å². The first kappa shape index (κ1) is 19.0. The molecule has 2 rings (SSSR count). The van der Waals surface area contributed by atoms with Gasteiger partial charge < -0.3 is 19.7 Å². The first-order valence-electron chi connectivity index (χ1n) is 8.78. The molecule has 1 aromatic heterocycles. The molecule has 0 unspecified atom stereocenters. The highest BCUT2D eigenvalue weighted by molar-refractivity contribution is 5.85. The van der Waals surface area contributed by atoms with Crippen LogP contribution in [-0.4, -0.2) is 46.6 Å². The second kappa shape index (κ2) is 9.22. The quantitative estimate of drug-likeness (QED) is 0.510. The van der Waals surface area contributed by atoms with Gasteiger partial charge in [0.1, 0.15) is 5.75 Å². The molecule has 0 fully saturated rings. The minimum atomic E-state index is -1.01. The molecule has 0 spiro atoms. The van der Waals surface area contributed by atoms with E-state index in [1.807, 2.05) is 12.3 Å². The number of benzene rings is 1. The lowest BCUT2D eigenvalue weighted by atomic mass is 10.1. The van der Waals surface area contributed by atoms with Crippen LogP contribution in [0.2, 0.25) is 0 Å². The molecule has 0 aliphatic rings. The van der Waals surface area contributed by atoms with Gasteiger partial charge in [-0.2, -0.15) is 0 Å². The van der Waals surface area contributed by atoms with Crippen LogP contribution in [0.3, 0.4) is 0 Å². The Morgan fingerprint density at radius 2 is 2.00 bits per heavy atom. The number of esters is 1. The van der Waals surface area contributed by atoms with Gasteiger partial charge in [0.25, 0.3) is 0 Å². The van der Waals surface area contributed by atoms with Gasteiger partial charge in [-0.3, -0.25) is 9.59 Å². The number of aromatic nitrogens is 1. The van der Waals surface area contributed by atoms with E-state index in [0.29, 0.717) is 5.75 Å². The molecule has 0 atom stereocenters. The van der Waals surface area contributed by atoms with E-state index in [4.69, 9.17) is 9.84 Å². The van der Waals surface area contributed by atoms with Crippen LogP contribution in [0.1, 0.15) is 38.7 Å². The molecule has 0 radical (unpaired) electrons. The van der Waals surface area contributed by atoms with E-state index in [-0.39, 0.29) is 12.8 Å². The molecule has 0 saturated carbocycles. The fourth-order valence-corrected chi connectivity index (χ4v) is 2.85. The number of nitrogens with zero attached hydrogens (tertiary/aromatic N) is 1. The van der Waals surface area contributed by atoms with E-state index in [9.17, 15) is 9.59 Å². The minimum absolute atomic E-state index is 0.131. The van der Waals surface area contributed by atoms with Gasteiger partial charge in [-0.25, -0.2) is 0 Å². The SMILES string of the molecule is CCCN(CC)CCc1c[nH]c2cc(OC(=O)CCC(=O)O)ccc12. The fourth-order valence-electron chi connectivity index (χ4n) is 2.85. The molecule has 0 amide bonds. The lowest BCUT2D eigenvalue weighted by molar-refractivity contribution is -0.142. The minimum Gasteiger partial charge on any atom is -0.481 e. The molecule has 2 aromatic rings. The summed E-state index contributed by atoms with van der Waals surface area (Å²) in [6, 6.07) is 5.47. The molecule has 25 heavy (non-hydrogen) atoms. The van der Waals surface area contributed by atoms with Crippen LogP contribution in [0.15, 0.2) is 24.4 Å². The molecule has 0 aliphatic carbocycles. The lowest BCUT2D eigenvalue weighted by Gasteiger charge is -2.19. The molecule has 1 heterocycles. The summed E-state index contributed by atoms with van der Waals surface area (Å²) in [6.07, 6.45) is 3.76. The summed E-state index contributed by atoms with van der Waals surface area (Å²) in [5.74, 6) is -1.12. The van der Waals surface area contributed by atoms with E-state index in [2.05, 4.69) is 23.7 Å². The Morgan fingerprint density at radius 1 is 1.20 bits per heavy atom. The highest BCUT2D eigenvalue weighted by atomic mass is 16.5. The van der Waals surface area contributed by atoms with Crippen LogP contribution in [0, 0.1) is 0 Å². The Kier molecular flexibility index (Phi) is 7.01. The Morgan fingerprint density at radius 3 is 2.68 bits per heavy atom. The van der Waals surface area contributed by atoms with Gasteiger partial charge in [0, 0.05) is 29.7 Å². The Bertz CT molecular complexity index is 723. The third kappa shape index (κ3) is 5.60. The smallest absolute Gasteiger partial charge is 0.311 e. The summed E-state index contributed by atoms with van der Waals surface area (Å²) in [6.45, 7) is 7.54. The molecule has 0 aliphatic heterocycles. The predicted octanol–water partition coefficient (Wildman–Crippen LogP) is 3.21. The molecule has 6 nitrogen and oxygen atoms in total. The number of carboxylic acid groups (broad SMARTS) is 1. The summed E-state index contributed by atoms with van der Waals surface area (Å²) < 4.78 is 5.20. The van der Waals surface area contributed by atoms with Gasteiger partial charge in [0.2, 0.25) is 0 Å². The van der Waals surface area contributed by atoms with Crippen molar-refractivity contribution in [2.75, 3.05) is 19.6 Å². The number of fused-ring (bicyclic) bond motifs is 1. The van der Waals surface area contributed by atoms with Crippen LogP contribution in [-0.2, 0) is 16.0 Å². The summed E-state index contributed by atoms with van der Waals surface area (Å²) in [4.78, 5) is 27.8. The standard InChI is InChI=1S/C19H26N2O4/c1-3-10-21(4-2)11-9-14-13-20-17-12-15(5-6-16(14)17)25-19(24)8-7-18(22)23/h5-6,12-13,20H,3-4,7-11H2,1-2H3,(H,22,23). The van der Waals surface area contributed by atoms with E-state index in [0.717, 1.165) is 43.4 Å². The normalized spacial score (nSPS) is 11.2. The summed E-state index contributed by atoms with van der Waals surface area (Å²) >= 11 is 0. The third-order valence-electron chi connectivity index (χ3n) is 4.20. The van der Waals surface area contributed by atoms with Crippen LogP contribution >= 0.6 is 0 Å². The largest absolute Gasteiger partial charge is 0.481 e. The van der Waals surface area contributed by atoms with Crippen molar-refractivity contribution in [3.05, 3.63) is 30.0 Å². The number of hydrogen-bond acceptors (Lipinski definition) is 4. The monoisotopic (exact) mass is 346 g/mol. The number of rotatable bonds is 10. The van der Waals surface area contributed by atoms with Crippen LogP contribution in [0.25, 0.3) is 10.9 Å². The number of carbonyl (C=O) groups excluding carboxylic acids is 1. The second-order valence-electron chi connectivity index (χ2n) is 6.07. The van der Waals surface area contributed by atoms with Crippen molar-refractivity contribution in [2.45, 2.75) is 39.5 Å². The Labute approximate surface area is 147 Å². The zero-order chi connectivity index (χ0) is 18.2. The molecular formula is C19H26N2O4. The third-order valence-corrected chi connectivity index (χ3v) is 4.20. The Balaban J connectivity index is 2.00. The van der Waals surface area contributed by atoms with Crippen molar-refractivity contribution in [3.8, 4) is 5.75 Å². The first-order chi connectivity index (χ1) is 12.0. The van der Waals surface area contributed by atoms with E-state index in [1.165, 1.54) is 5.56 Å². The van der Waals surface area contributed by atoms with Gasteiger partial charge in [-0.15, -0.1) is 0 Å². The lowest BCUT2D eigenvalue weighted by Crippen LogP contribution is -2.26. The van der Waals surface area contributed by atoms with Gasteiger partial charge in [0.05, 0.1) is 12.8 Å². The van der Waals surface area contributed by atoms with E-state index >= 15 is 0 Å². The molecule has 0 saturated heterocycles. The number of nitrogens with one attached hydrogen (secondary N) is 1. The van der Waals surface area contributed by atoms with Gasteiger partial charge in [-0.05, 0) is 43.6 Å². The number of H-pyrrole nitrogens is 1. The number of carboxylic acids is 1.